The molecule has 1 aliphatic carbocycles. The molecule has 1 saturated carbocycles. The Kier molecular flexibility index (Phi) is 7.18. The summed E-state index contributed by atoms with van der Waals surface area (Å²) in [5.74, 6) is -0.494. The van der Waals surface area contributed by atoms with Crippen LogP contribution in [0.2, 0.25) is 0 Å². The molecule has 0 aliphatic heterocycles. The van der Waals surface area contributed by atoms with Crippen LogP contribution in [0.1, 0.15) is 36.0 Å². The highest BCUT2D eigenvalue weighted by molar-refractivity contribution is 5.93. The fraction of sp³-hybridized carbons (Fsp3) is 0.280. The SMILES string of the molecule is Cc1cc(CCC(=O)Nc2cc(C(F)(F)F)ccc2F)cnc1Oc1ccnc(NC(=O)C2CC2)c1. The predicted octanol–water partition coefficient (Wildman–Crippen LogP) is 5.66. The van der Waals surface area contributed by atoms with Gasteiger partial charge in [-0.15, -0.1) is 0 Å². The molecule has 0 unspecified atom stereocenters. The van der Waals surface area contributed by atoms with E-state index in [1.807, 2.05) is 0 Å². The molecule has 1 aromatic carbocycles. The Morgan fingerprint density at radius 1 is 1.08 bits per heavy atom. The molecule has 2 heterocycles. The smallest absolute Gasteiger partial charge is 0.416 e. The maximum absolute atomic E-state index is 13.9. The van der Waals surface area contributed by atoms with Gasteiger partial charge in [0.25, 0.3) is 0 Å². The van der Waals surface area contributed by atoms with Crippen LogP contribution in [-0.2, 0) is 22.2 Å². The summed E-state index contributed by atoms with van der Waals surface area (Å²) >= 11 is 0. The molecule has 0 spiro atoms. The molecule has 4 rings (SSSR count). The minimum Gasteiger partial charge on any atom is -0.439 e. The van der Waals surface area contributed by atoms with Gasteiger partial charge in [0.05, 0.1) is 11.3 Å². The normalized spacial score (nSPS) is 13.2. The van der Waals surface area contributed by atoms with E-state index in [0.29, 0.717) is 46.8 Å². The van der Waals surface area contributed by atoms with Gasteiger partial charge < -0.3 is 15.4 Å². The molecule has 2 aromatic heterocycles. The number of carbonyl (C=O) groups is 2. The van der Waals surface area contributed by atoms with E-state index in [2.05, 4.69) is 20.6 Å². The second kappa shape index (κ2) is 10.3. The van der Waals surface area contributed by atoms with Crippen molar-refractivity contribution in [3.63, 3.8) is 0 Å². The van der Waals surface area contributed by atoms with E-state index < -0.39 is 29.2 Å². The van der Waals surface area contributed by atoms with Crippen molar-refractivity contribution in [2.75, 3.05) is 10.6 Å². The van der Waals surface area contributed by atoms with Crippen LogP contribution in [0.4, 0.5) is 29.1 Å². The lowest BCUT2D eigenvalue weighted by Gasteiger charge is -2.12. The summed E-state index contributed by atoms with van der Waals surface area (Å²) in [6, 6.07) is 6.81. The number of hydrogen-bond acceptors (Lipinski definition) is 5. The molecule has 7 nitrogen and oxygen atoms in total. The number of pyridine rings is 2. The van der Waals surface area contributed by atoms with E-state index in [9.17, 15) is 27.2 Å². The number of aromatic nitrogens is 2. The van der Waals surface area contributed by atoms with Crippen molar-refractivity contribution in [3.05, 3.63) is 71.3 Å². The number of aryl methyl sites for hydroxylation is 2. The largest absolute Gasteiger partial charge is 0.439 e. The highest BCUT2D eigenvalue weighted by Gasteiger charge is 2.31. The Morgan fingerprint density at radius 3 is 2.56 bits per heavy atom. The summed E-state index contributed by atoms with van der Waals surface area (Å²) < 4.78 is 58.2. The zero-order valence-electron chi connectivity index (χ0n) is 19.2. The van der Waals surface area contributed by atoms with E-state index >= 15 is 0 Å². The summed E-state index contributed by atoms with van der Waals surface area (Å²) in [7, 11) is 0. The lowest BCUT2D eigenvalue weighted by molar-refractivity contribution is -0.137. The van der Waals surface area contributed by atoms with E-state index in [1.54, 1.807) is 25.1 Å². The van der Waals surface area contributed by atoms with Crippen LogP contribution in [0.5, 0.6) is 11.6 Å². The zero-order chi connectivity index (χ0) is 25.9. The van der Waals surface area contributed by atoms with Crippen LogP contribution < -0.4 is 15.4 Å². The number of rotatable bonds is 8. The van der Waals surface area contributed by atoms with Gasteiger partial charge in [0.1, 0.15) is 17.4 Å². The molecule has 11 heteroatoms. The molecular formula is C25H22F4N4O3. The zero-order valence-corrected chi connectivity index (χ0v) is 19.2. The summed E-state index contributed by atoms with van der Waals surface area (Å²) in [5, 5.41) is 4.93. The number of nitrogens with zero attached hydrogens (tertiary/aromatic N) is 2. The molecule has 0 bridgehead atoms. The van der Waals surface area contributed by atoms with Gasteiger partial charge in [0, 0.05) is 36.4 Å². The lowest BCUT2D eigenvalue weighted by Crippen LogP contribution is -2.15. The van der Waals surface area contributed by atoms with Crippen molar-refractivity contribution in [1.82, 2.24) is 9.97 Å². The molecule has 188 valence electrons. The second-order valence-electron chi connectivity index (χ2n) is 8.45. The highest BCUT2D eigenvalue weighted by Crippen LogP contribution is 2.32. The fourth-order valence-corrected chi connectivity index (χ4v) is 3.36. The molecule has 2 amide bonds. The van der Waals surface area contributed by atoms with Gasteiger partial charge in [-0.05, 0) is 62.1 Å². The average Bonchev–Trinajstić information content (AvgIpc) is 3.66. The van der Waals surface area contributed by atoms with E-state index in [4.69, 9.17) is 4.74 Å². The Morgan fingerprint density at radius 2 is 1.86 bits per heavy atom. The number of alkyl halides is 3. The minimum absolute atomic E-state index is 0.0407. The van der Waals surface area contributed by atoms with Crippen molar-refractivity contribution in [2.24, 2.45) is 5.92 Å². The third-order valence-electron chi connectivity index (χ3n) is 5.44. The van der Waals surface area contributed by atoms with Crippen LogP contribution in [0.15, 0.2) is 48.8 Å². The van der Waals surface area contributed by atoms with Gasteiger partial charge in [0.2, 0.25) is 17.7 Å². The molecule has 1 fully saturated rings. The summed E-state index contributed by atoms with van der Waals surface area (Å²) in [5.41, 5.74) is -0.219. The van der Waals surface area contributed by atoms with Crippen LogP contribution in [0.25, 0.3) is 0 Å². The molecule has 1 aliphatic rings. The Bertz CT molecular complexity index is 1290. The van der Waals surface area contributed by atoms with E-state index in [-0.39, 0.29) is 24.7 Å². The Balaban J connectivity index is 1.34. The van der Waals surface area contributed by atoms with Gasteiger partial charge in [-0.25, -0.2) is 14.4 Å². The number of halogens is 4. The topological polar surface area (TPSA) is 93.2 Å². The first-order valence-corrected chi connectivity index (χ1v) is 11.2. The summed E-state index contributed by atoms with van der Waals surface area (Å²) in [6.45, 7) is 1.76. The Hall–Kier alpha value is -4.02. The van der Waals surface area contributed by atoms with Crippen LogP contribution in [-0.4, -0.2) is 21.8 Å². The standard InChI is InChI=1S/C25H22F4N4O3/c1-14-10-15(2-7-22(34)32-20-11-17(25(27,28)29)5-6-19(20)26)13-31-24(14)36-18-8-9-30-21(12-18)33-23(35)16-3-4-16/h5-6,8-13,16H,2-4,7H2,1H3,(H,32,34)(H,30,33,35). The average molecular weight is 502 g/mol. The summed E-state index contributed by atoms with van der Waals surface area (Å²) in [4.78, 5) is 32.5. The molecule has 0 saturated heterocycles. The number of amides is 2. The predicted molar refractivity (Wildman–Crippen MR) is 123 cm³/mol. The number of anilines is 2. The van der Waals surface area contributed by atoms with Crippen molar-refractivity contribution in [2.45, 2.75) is 38.8 Å². The highest BCUT2D eigenvalue weighted by atomic mass is 19.4. The summed E-state index contributed by atoms with van der Waals surface area (Å²) in [6.07, 6.45) is 0.258. The quantitative estimate of drug-likeness (QED) is 0.388. The van der Waals surface area contributed by atoms with Crippen LogP contribution >= 0.6 is 0 Å². The molecule has 3 aromatic rings. The van der Waals surface area contributed by atoms with E-state index in [1.165, 1.54) is 12.4 Å². The molecule has 0 atom stereocenters. The monoisotopic (exact) mass is 502 g/mol. The number of carbonyl (C=O) groups excluding carboxylic acids is 2. The van der Waals surface area contributed by atoms with Gasteiger partial charge in [0.15, 0.2) is 0 Å². The first-order valence-electron chi connectivity index (χ1n) is 11.2. The number of hydrogen-bond donors (Lipinski definition) is 2. The number of nitrogens with one attached hydrogen (secondary N) is 2. The maximum atomic E-state index is 13.9. The van der Waals surface area contributed by atoms with Crippen LogP contribution in [0.3, 0.4) is 0 Å². The maximum Gasteiger partial charge on any atom is 0.416 e. The van der Waals surface area contributed by atoms with Crippen molar-refractivity contribution < 1.29 is 31.9 Å². The lowest BCUT2D eigenvalue weighted by atomic mass is 10.1. The first kappa shape index (κ1) is 25.1. The van der Waals surface area contributed by atoms with Crippen molar-refractivity contribution in [1.29, 1.82) is 0 Å². The number of ether oxygens (including phenoxy) is 1. The second-order valence-corrected chi connectivity index (χ2v) is 8.45. The first-order chi connectivity index (χ1) is 17.1. The molecule has 36 heavy (non-hydrogen) atoms. The number of benzene rings is 1. The molecule has 2 N–H and O–H groups in total. The third-order valence-corrected chi connectivity index (χ3v) is 5.44. The third kappa shape index (κ3) is 6.55. The van der Waals surface area contributed by atoms with Gasteiger partial charge >= 0.3 is 6.18 Å². The van der Waals surface area contributed by atoms with Crippen molar-refractivity contribution in [3.8, 4) is 11.6 Å². The minimum atomic E-state index is -4.65. The molecule has 0 radical (unpaired) electrons. The molecular weight excluding hydrogens is 480 g/mol. The van der Waals surface area contributed by atoms with Gasteiger partial charge in [-0.2, -0.15) is 13.2 Å². The van der Waals surface area contributed by atoms with E-state index in [0.717, 1.165) is 12.8 Å². The Labute approximate surface area is 203 Å². The van der Waals surface area contributed by atoms with Gasteiger partial charge in [-0.1, -0.05) is 0 Å². The van der Waals surface area contributed by atoms with Gasteiger partial charge in [-0.3, -0.25) is 9.59 Å². The fourth-order valence-electron chi connectivity index (χ4n) is 3.36. The van der Waals surface area contributed by atoms with Crippen molar-refractivity contribution >= 4 is 23.3 Å². The van der Waals surface area contributed by atoms with Crippen LogP contribution in [0, 0.1) is 18.7 Å².